The van der Waals surface area contributed by atoms with Crippen molar-refractivity contribution in [3.8, 4) is 0 Å². The standard InChI is InChI=1S/C34H46F2N8O/c35-24-7-12-29(28(36)20-24)39-34-40-30-21-38-31(19-22-3-8-25(37)9-4-22)41-32(30)44(34)27-10-5-23(6-11-27)33(45)43-17-13-26(14-18-43)42-15-1-2-16-42/h7,12,20-23,25-27H,1-6,8-11,13-19,37H2,(H,39,40). The zero-order valence-electron chi connectivity index (χ0n) is 26.1. The highest BCUT2D eigenvalue weighted by atomic mass is 19.1. The number of nitrogens with two attached hydrogens (primary N) is 1. The average Bonchev–Trinajstić information content (AvgIpc) is 3.72. The summed E-state index contributed by atoms with van der Waals surface area (Å²) in [5.41, 5.74) is 7.63. The lowest BCUT2D eigenvalue weighted by Gasteiger charge is -2.39. The molecule has 4 heterocycles. The maximum atomic E-state index is 14.7. The molecule has 1 amide bonds. The first-order valence-corrected chi connectivity index (χ1v) is 17.2. The van der Waals surface area contributed by atoms with Gasteiger partial charge in [0, 0.05) is 49.6 Å². The SMILES string of the molecule is NC1CCC(Cc2ncc3nc(Nc4ccc(F)cc4F)n(C4CCC(C(=O)N5CCC(N6CCCC6)CC5)CC4)c3n2)CC1. The third-order valence-electron chi connectivity index (χ3n) is 10.9. The lowest BCUT2D eigenvalue weighted by molar-refractivity contribution is -0.138. The third kappa shape index (κ3) is 6.70. The summed E-state index contributed by atoms with van der Waals surface area (Å²) in [5.74, 6) is 0.758. The van der Waals surface area contributed by atoms with Gasteiger partial charge in [0.05, 0.1) is 11.9 Å². The number of carbonyl (C=O) groups is 1. The molecule has 2 aromatic heterocycles. The van der Waals surface area contributed by atoms with Gasteiger partial charge in [0.15, 0.2) is 5.65 Å². The Labute approximate surface area is 264 Å². The first kappa shape index (κ1) is 30.5. The number of nitrogens with one attached hydrogen (secondary N) is 1. The van der Waals surface area contributed by atoms with Crippen LogP contribution in [0.2, 0.25) is 0 Å². The minimum absolute atomic E-state index is 0.0215. The molecule has 9 nitrogen and oxygen atoms in total. The Morgan fingerprint density at radius 3 is 2.33 bits per heavy atom. The molecule has 11 heteroatoms. The first-order valence-electron chi connectivity index (χ1n) is 17.2. The molecule has 0 atom stereocenters. The number of benzene rings is 1. The second kappa shape index (κ2) is 13.3. The average molecular weight is 621 g/mol. The Balaban J connectivity index is 1.08. The van der Waals surface area contributed by atoms with E-state index in [1.807, 2.05) is 0 Å². The smallest absolute Gasteiger partial charge is 0.225 e. The van der Waals surface area contributed by atoms with Crippen molar-refractivity contribution < 1.29 is 13.6 Å². The summed E-state index contributed by atoms with van der Waals surface area (Å²) in [7, 11) is 0. The molecular formula is C34H46F2N8O. The number of nitrogens with zero attached hydrogens (tertiary/aromatic N) is 6. The van der Waals surface area contributed by atoms with Crippen molar-refractivity contribution in [2.24, 2.45) is 17.6 Å². The highest BCUT2D eigenvalue weighted by molar-refractivity contribution is 5.79. The predicted molar refractivity (Wildman–Crippen MR) is 170 cm³/mol. The summed E-state index contributed by atoms with van der Waals surface area (Å²) in [6.07, 6.45) is 14.7. The van der Waals surface area contributed by atoms with Crippen LogP contribution < -0.4 is 11.1 Å². The summed E-state index contributed by atoms with van der Waals surface area (Å²) >= 11 is 0. The van der Waals surface area contributed by atoms with E-state index >= 15 is 0 Å². The molecular weight excluding hydrogens is 574 g/mol. The van der Waals surface area contributed by atoms with Gasteiger partial charge < -0.3 is 20.9 Å². The fourth-order valence-corrected chi connectivity index (χ4v) is 8.22. The van der Waals surface area contributed by atoms with Gasteiger partial charge in [-0.3, -0.25) is 9.36 Å². The number of hydrogen-bond donors (Lipinski definition) is 2. The molecule has 4 aliphatic rings. The van der Waals surface area contributed by atoms with Crippen LogP contribution in [0.4, 0.5) is 20.4 Å². The van der Waals surface area contributed by atoms with Crippen molar-refractivity contribution in [2.75, 3.05) is 31.5 Å². The molecule has 7 rings (SSSR count). The molecule has 1 aromatic carbocycles. The number of piperidine rings is 1. The minimum Gasteiger partial charge on any atom is -0.342 e. The largest absolute Gasteiger partial charge is 0.342 e. The van der Waals surface area contributed by atoms with Crippen molar-refractivity contribution in [1.82, 2.24) is 29.3 Å². The van der Waals surface area contributed by atoms with E-state index in [-0.39, 0.29) is 23.7 Å². The Morgan fingerprint density at radius 2 is 1.62 bits per heavy atom. The van der Waals surface area contributed by atoms with E-state index in [4.69, 9.17) is 15.7 Å². The number of carbonyl (C=O) groups excluding carboxylic acids is 1. The number of imidazole rings is 1. The molecule has 2 aliphatic carbocycles. The lowest BCUT2D eigenvalue weighted by atomic mass is 9.84. The maximum absolute atomic E-state index is 14.7. The van der Waals surface area contributed by atoms with Crippen LogP contribution in [0.1, 0.15) is 88.9 Å². The van der Waals surface area contributed by atoms with E-state index in [2.05, 4.69) is 24.7 Å². The quantitative estimate of drug-likeness (QED) is 0.348. The number of rotatable bonds is 7. The number of hydrogen-bond acceptors (Lipinski definition) is 7. The molecule has 4 fully saturated rings. The van der Waals surface area contributed by atoms with Gasteiger partial charge >= 0.3 is 0 Å². The molecule has 2 aliphatic heterocycles. The molecule has 0 radical (unpaired) electrons. The van der Waals surface area contributed by atoms with E-state index in [0.717, 1.165) is 101 Å². The minimum atomic E-state index is -0.682. The van der Waals surface area contributed by atoms with Crippen LogP contribution in [-0.4, -0.2) is 73.5 Å². The van der Waals surface area contributed by atoms with Crippen molar-refractivity contribution in [1.29, 1.82) is 0 Å². The van der Waals surface area contributed by atoms with Gasteiger partial charge in [0.2, 0.25) is 11.9 Å². The van der Waals surface area contributed by atoms with E-state index < -0.39 is 11.6 Å². The second-order valence-electron chi connectivity index (χ2n) is 13.8. The Morgan fingerprint density at radius 1 is 0.889 bits per heavy atom. The summed E-state index contributed by atoms with van der Waals surface area (Å²) in [6.45, 7) is 4.13. The third-order valence-corrected chi connectivity index (χ3v) is 10.9. The summed E-state index contributed by atoms with van der Waals surface area (Å²) < 4.78 is 30.5. The molecule has 0 unspecified atom stereocenters. The van der Waals surface area contributed by atoms with Crippen LogP contribution in [-0.2, 0) is 11.2 Å². The number of fused-ring (bicyclic) bond motifs is 1. The van der Waals surface area contributed by atoms with Crippen molar-refractivity contribution in [3.63, 3.8) is 0 Å². The number of halogens is 2. The number of likely N-dealkylation sites (tertiary alicyclic amines) is 2. The van der Waals surface area contributed by atoms with Crippen LogP contribution in [0.3, 0.4) is 0 Å². The summed E-state index contributed by atoms with van der Waals surface area (Å²) in [4.78, 5) is 32.8. The lowest BCUT2D eigenvalue weighted by Crippen LogP contribution is -2.48. The van der Waals surface area contributed by atoms with Crippen LogP contribution in [0.25, 0.3) is 11.2 Å². The topological polar surface area (TPSA) is 105 Å². The van der Waals surface area contributed by atoms with Gasteiger partial charge in [-0.25, -0.2) is 23.7 Å². The van der Waals surface area contributed by atoms with Gasteiger partial charge in [-0.05, 0) is 108 Å². The highest BCUT2D eigenvalue weighted by Gasteiger charge is 2.35. The van der Waals surface area contributed by atoms with Crippen LogP contribution in [0, 0.1) is 23.5 Å². The van der Waals surface area contributed by atoms with Gasteiger partial charge in [-0.1, -0.05) is 0 Å². The zero-order chi connectivity index (χ0) is 30.9. The first-order chi connectivity index (χ1) is 21.9. The molecule has 0 spiro atoms. The predicted octanol–water partition coefficient (Wildman–Crippen LogP) is 5.73. The van der Waals surface area contributed by atoms with Gasteiger partial charge in [0.1, 0.15) is 23.0 Å². The molecule has 3 N–H and O–H groups in total. The normalized spacial score (nSPS) is 26.9. The summed E-state index contributed by atoms with van der Waals surface area (Å²) in [5, 5.41) is 3.12. The van der Waals surface area contributed by atoms with Crippen molar-refractivity contribution >= 4 is 28.7 Å². The second-order valence-corrected chi connectivity index (χ2v) is 13.8. The molecule has 2 saturated heterocycles. The number of anilines is 2. The Kier molecular flexibility index (Phi) is 8.99. The molecule has 3 aromatic rings. The summed E-state index contributed by atoms with van der Waals surface area (Å²) in [6, 6.07) is 4.45. The van der Waals surface area contributed by atoms with Crippen LogP contribution in [0.15, 0.2) is 24.4 Å². The number of amides is 1. The Hall–Kier alpha value is -3.18. The Bertz CT molecular complexity index is 1480. The molecule has 0 bridgehead atoms. The van der Waals surface area contributed by atoms with Gasteiger partial charge in [0.25, 0.3) is 0 Å². The monoisotopic (exact) mass is 620 g/mol. The van der Waals surface area contributed by atoms with E-state index in [9.17, 15) is 13.6 Å². The van der Waals surface area contributed by atoms with Crippen molar-refractivity contribution in [3.05, 3.63) is 41.9 Å². The molecule has 242 valence electrons. The van der Waals surface area contributed by atoms with Crippen LogP contribution in [0.5, 0.6) is 0 Å². The van der Waals surface area contributed by atoms with E-state index in [1.54, 1.807) is 6.20 Å². The van der Waals surface area contributed by atoms with E-state index in [0.29, 0.717) is 29.3 Å². The fraction of sp³-hybridized carbons (Fsp3) is 0.647. The molecule has 2 saturated carbocycles. The fourth-order valence-electron chi connectivity index (χ4n) is 8.22. The van der Waals surface area contributed by atoms with E-state index in [1.165, 1.54) is 38.1 Å². The van der Waals surface area contributed by atoms with Crippen LogP contribution >= 0.6 is 0 Å². The van der Waals surface area contributed by atoms with Crippen molar-refractivity contribution in [2.45, 2.75) is 102 Å². The molecule has 45 heavy (non-hydrogen) atoms. The maximum Gasteiger partial charge on any atom is 0.225 e. The van der Waals surface area contributed by atoms with Gasteiger partial charge in [-0.15, -0.1) is 0 Å². The number of aromatic nitrogens is 4. The zero-order valence-corrected chi connectivity index (χ0v) is 26.1. The highest BCUT2D eigenvalue weighted by Crippen LogP contribution is 2.38. The van der Waals surface area contributed by atoms with Gasteiger partial charge in [-0.2, -0.15) is 0 Å².